The molecule has 0 saturated heterocycles. The standard InChI is InChI=1S/C12H8IN3/c13-11-7-3-1-5-9(11)10-6-2-4-8-12(10)15-16-14/h1-8H. The summed E-state index contributed by atoms with van der Waals surface area (Å²) >= 11 is 2.27. The van der Waals surface area contributed by atoms with E-state index >= 15 is 0 Å². The van der Waals surface area contributed by atoms with Crippen LogP contribution in [0.15, 0.2) is 53.6 Å². The molecule has 2 aromatic carbocycles. The quantitative estimate of drug-likeness (QED) is 0.327. The predicted molar refractivity (Wildman–Crippen MR) is 73.4 cm³/mol. The number of rotatable bonds is 2. The van der Waals surface area contributed by atoms with Gasteiger partial charge in [0.15, 0.2) is 0 Å². The maximum atomic E-state index is 8.52. The second-order valence-corrected chi connectivity index (χ2v) is 4.35. The van der Waals surface area contributed by atoms with Crippen LogP contribution in [0.2, 0.25) is 0 Å². The number of halogens is 1. The smallest absolute Gasteiger partial charge is 0.0454 e. The summed E-state index contributed by atoms with van der Waals surface area (Å²) in [5.74, 6) is 0. The second kappa shape index (κ2) is 5.01. The van der Waals surface area contributed by atoms with Crippen LogP contribution < -0.4 is 0 Å². The minimum absolute atomic E-state index is 0.661. The Morgan fingerprint density at radius 1 is 0.938 bits per heavy atom. The summed E-state index contributed by atoms with van der Waals surface area (Å²) in [4.78, 5) is 2.84. The molecule has 0 bridgehead atoms. The lowest BCUT2D eigenvalue weighted by atomic mass is 10.0. The van der Waals surface area contributed by atoms with E-state index in [1.807, 2.05) is 48.5 Å². The summed E-state index contributed by atoms with van der Waals surface area (Å²) in [5.41, 5.74) is 11.2. The van der Waals surface area contributed by atoms with Gasteiger partial charge in [0.2, 0.25) is 0 Å². The average molecular weight is 321 g/mol. The van der Waals surface area contributed by atoms with Gasteiger partial charge in [-0.3, -0.25) is 0 Å². The third-order valence-corrected chi connectivity index (χ3v) is 3.16. The summed E-state index contributed by atoms with van der Waals surface area (Å²) in [6.45, 7) is 0. The Morgan fingerprint density at radius 2 is 1.56 bits per heavy atom. The van der Waals surface area contributed by atoms with Crippen LogP contribution in [0.5, 0.6) is 0 Å². The van der Waals surface area contributed by atoms with Crippen LogP contribution in [-0.2, 0) is 0 Å². The van der Waals surface area contributed by atoms with E-state index in [2.05, 4.69) is 32.6 Å². The molecule has 0 atom stereocenters. The van der Waals surface area contributed by atoms with Crippen molar-refractivity contribution in [2.24, 2.45) is 5.11 Å². The van der Waals surface area contributed by atoms with Crippen molar-refractivity contribution in [3.05, 3.63) is 62.5 Å². The molecule has 0 aliphatic rings. The maximum Gasteiger partial charge on any atom is 0.0454 e. The normalized spacial score (nSPS) is 9.56. The Hall–Kier alpha value is -1.52. The van der Waals surface area contributed by atoms with Crippen molar-refractivity contribution in [1.29, 1.82) is 0 Å². The number of hydrogen-bond acceptors (Lipinski definition) is 1. The Morgan fingerprint density at radius 3 is 2.25 bits per heavy atom. The fourth-order valence-corrected chi connectivity index (χ4v) is 2.19. The molecule has 0 amide bonds. The molecule has 0 unspecified atom stereocenters. The zero-order valence-electron chi connectivity index (χ0n) is 8.34. The average Bonchev–Trinajstić information content (AvgIpc) is 2.31. The van der Waals surface area contributed by atoms with Gasteiger partial charge in [-0.25, -0.2) is 0 Å². The van der Waals surface area contributed by atoms with E-state index in [4.69, 9.17) is 5.53 Å². The molecule has 2 aromatic rings. The van der Waals surface area contributed by atoms with E-state index in [0.29, 0.717) is 5.69 Å². The van der Waals surface area contributed by atoms with Crippen molar-refractivity contribution in [2.45, 2.75) is 0 Å². The molecule has 78 valence electrons. The molecule has 16 heavy (non-hydrogen) atoms. The van der Waals surface area contributed by atoms with Gasteiger partial charge in [-0.05, 0) is 45.3 Å². The SMILES string of the molecule is [N-]=[N+]=Nc1ccccc1-c1ccccc1I. The Bertz CT molecular complexity index is 560. The lowest BCUT2D eigenvalue weighted by Crippen LogP contribution is -1.82. The second-order valence-electron chi connectivity index (χ2n) is 3.19. The third-order valence-electron chi connectivity index (χ3n) is 2.22. The minimum atomic E-state index is 0.661. The maximum absolute atomic E-state index is 8.52. The van der Waals surface area contributed by atoms with Gasteiger partial charge in [0, 0.05) is 14.2 Å². The highest BCUT2D eigenvalue weighted by molar-refractivity contribution is 14.1. The molecule has 4 heteroatoms. The minimum Gasteiger partial charge on any atom is -0.0618 e. The molecule has 0 heterocycles. The lowest BCUT2D eigenvalue weighted by molar-refractivity contribution is 1.46. The molecule has 0 saturated carbocycles. The fourth-order valence-electron chi connectivity index (χ4n) is 1.52. The molecule has 0 aromatic heterocycles. The van der Waals surface area contributed by atoms with Crippen LogP contribution in [0.3, 0.4) is 0 Å². The van der Waals surface area contributed by atoms with Gasteiger partial charge in [0.25, 0.3) is 0 Å². The molecule has 0 aliphatic carbocycles. The van der Waals surface area contributed by atoms with Gasteiger partial charge in [-0.2, -0.15) is 0 Å². The van der Waals surface area contributed by atoms with Gasteiger partial charge in [0.1, 0.15) is 0 Å². The molecule has 3 nitrogen and oxygen atoms in total. The van der Waals surface area contributed by atoms with Crippen LogP contribution in [0.25, 0.3) is 21.6 Å². The van der Waals surface area contributed by atoms with Gasteiger partial charge in [0.05, 0.1) is 0 Å². The summed E-state index contributed by atoms with van der Waals surface area (Å²) in [5, 5.41) is 3.70. The first-order chi connectivity index (χ1) is 7.83. The molecule has 0 radical (unpaired) electrons. The van der Waals surface area contributed by atoms with E-state index in [9.17, 15) is 0 Å². The van der Waals surface area contributed by atoms with Crippen LogP contribution in [0.4, 0.5) is 5.69 Å². The summed E-state index contributed by atoms with van der Waals surface area (Å²) < 4.78 is 1.14. The molecule has 0 fully saturated rings. The molecule has 0 N–H and O–H groups in total. The van der Waals surface area contributed by atoms with E-state index in [0.717, 1.165) is 14.7 Å². The van der Waals surface area contributed by atoms with E-state index < -0.39 is 0 Å². The first-order valence-electron chi connectivity index (χ1n) is 4.72. The van der Waals surface area contributed by atoms with Crippen molar-refractivity contribution in [2.75, 3.05) is 0 Å². The molecular formula is C12H8IN3. The highest BCUT2D eigenvalue weighted by Crippen LogP contribution is 2.32. The number of azide groups is 1. The largest absolute Gasteiger partial charge is 0.0618 e. The van der Waals surface area contributed by atoms with E-state index in [-0.39, 0.29) is 0 Å². The van der Waals surface area contributed by atoms with Gasteiger partial charge >= 0.3 is 0 Å². The van der Waals surface area contributed by atoms with E-state index in [1.165, 1.54) is 0 Å². The molecular weight excluding hydrogens is 313 g/mol. The van der Waals surface area contributed by atoms with Crippen molar-refractivity contribution < 1.29 is 0 Å². The Balaban J connectivity index is 2.64. The summed E-state index contributed by atoms with van der Waals surface area (Å²) in [6.07, 6.45) is 0. The van der Waals surface area contributed by atoms with Crippen LogP contribution in [0.1, 0.15) is 0 Å². The van der Waals surface area contributed by atoms with Crippen LogP contribution >= 0.6 is 22.6 Å². The number of nitrogens with zero attached hydrogens (tertiary/aromatic N) is 3. The van der Waals surface area contributed by atoms with Crippen molar-refractivity contribution in [3.8, 4) is 11.1 Å². The van der Waals surface area contributed by atoms with Crippen molar-refractivity contribution >= 4 is 28.3 Å². The highest BCUT2D eigenvalue weighted by Gasteiger charge is 2.05. The lowest BCUT2D eigenvalue weighted by Gasteiger charge is -2.06. The first kappa shape index (κ1) is 11.0. The van der Waals surface area contributed by atoms with E-state index in [1.54, 1.807) is 0 Å². The monoisotopic (exact) mass is 321 g/mol. The highest BCUT2D eigenvalue weighted by atomic mass is 127. The molecule has 2 rings (SSSR count). The summed E-state index contributed by atoms with van der Waals surface area (Å²) in [7, 11) is 0. The van der Waals surface area contributed by atoms with Gasteiger partial charge in [-0.15, -0.1) is 0 Å². The molecule has 0 spiro atoms. The van der Waals surface area contributed by atoms with Crippen molar-refractivity contribution in [3.63, 3.8) is 0 Å². The third kappa shape index (κ3) is 2.18. The van der Waals surface area contributed by atoms with Gasteiger partial charge < -0.3 is 0 Å². The topological polar surface area (TPSA) is 48.8 Å². The predicted octanol–water partition coefficient (Wildman–Crippen LogP) is 4.90. The zero-order chi connectivity index (χ0) is 11.4. The van der Waals surface area contributed by atoms with Crippen LogP contribution in [0, 0.1) is 3.57 Å². The zero-order valence-corrected chi connectivity index (χ0v) is 10.5. The first-order valence-corrected chi connectivity index (χ1v) is 5.80. The Labute approximate surface area is 107 Å². The van der Waals surface area contributed by atoms with Gasteiger partial charge in [-0.1, -0.05) is 47.6 Å². The Kier molecular flexibility index (Phi) is 3.44. The van der Waals surface area contributed by atoms with Crippen LogP contribution in [-0.4, -0.2) is 0 Å². The number of benzene rings is 2. The molecule has 0 aliphatic heterocycles. The summed E-state index contributed by atoms with van der Waals surface area (Å²) in [6, 6.07) is 15.6. The number of hydrogen-bond donors (Lipinski definition) is 0. The van der Waals surface area contributed by atoms with Crippen molar-refractivity contribution in [1.82, 2.24) is 0 Å². The fraction of sp³-hybridized carbons (Fsp3) is 0.